The van der Waals surface area contributed by atoms with Crippen LogP contribution in [-0.4, -0.2) is 59.7 Å². The molecule has 7 unspecified atom stereocenters. The molecule has 0 aromatic rings. The lowest BCUT2D eigenvalue weighted by atomic mass is 9.56. The molecule has 0 aromatic carbocycles. The third kappa shape index (κ3) is 5.24. The first-order valence-corrected chi connectivity index (χ1v) is 11.9. The van der Waals surface area contributed by atoms with Gasteiger partial charge in [-0.05, 0) is 43.4 Å². The molecule has 0 amide bonds. The highest BCUT2D eigenvalue weighted by molar-refractivity contribution is 5.92. The molecule has 0 saturated heterocycles. The monoisotopic (exact) mass is 506 g/mol. The maximum absolute atomic E-state index is 12.5. The fourth-order valence-corrected chi connectivity index (χ4v) is 5.76. The van der Waals surface area contributed by atoms with Crippen molar-refractivity contribution < 1.29 is 48.3 Å². The Kier molecular flexibility index (Phi) is 8.10. The summed E-state index contributed by atoms with van der Waals surface area (Å²) < 4.78 is 22.9. The Hall–Kier alpha value is -2.98. The lowest BCUT2D eigenvalue weighted by Gasteiger charge is -2.54. The number of carbonyl (C=O) groups excluding carboxylic acids is 4. The van der Waals surface area contributed by atoms with E-state index < -0.39 is 65.7 Å². The minimum absolute atomic E-state index is 0.0260. The Balaban J connectivity index is 2.31. The van der Waals surface area contributed by atoms with Crippen LogP contribution in [0.4, 0.5) is 0 Å². The fourth-order valence-electron chi connectivity index (χ4n) is 5.76. The van der Waals surface area contributed by atoms with Crippen LogP contribution in [0, 0.1) is 11.3 Å². The van der Waals surface area contributed by atoms with Gasteiger partial charge in [-0.2, -0.15) is 0 Å². The van der Waals surface area contributed by atoms with Crippen LogP contribution in [0.15, 0.2) is 34.9 Å². The number of hydrogen-bond donors (Lipinski definition) is 1. The van der Waals surface area contributed by atoms with E-state index in [9.17, 15) is 24.4 Å². The minimum Gasteiger partial charge on any atom is -0.462 e. The van der Waals surface area contributed by atoms with Gasteiger partial charge in [0.15, 0.2) is 0 Å². The molecule has 1 fully saturated rings. The molecule has 0 aromatic heterocycles. The second-order valence-corrected chi connectivity index (χ2v) is 10.00. The summed E-state index contributed by atoms with van der Waals surface area (Å²) >= 11 is 0. The third-order valence-corrected chi connectivity index (χ3v) is 7.48. The molecule has 1 N–H and O–H groups in total. The van der Waals surface area contributed by atoms with Crippen LogP contribution in [0.25, 0.3) is 0 Å². The summed E-state index contributed by atoms with van der Waals surface area (Å²) in [7, 11) is 0. The summed E-state index contributed by atoms with van der Waals surface area (Å²) in [6.07, 6.45) is -2.30. The second kappa shape index (κ2) is 10.6. The summed E-state index contributed by atoms with van der Waals surface area (Å²) in [6.45, 7) is 13.2. The van der Waals surface area contributed by atoms with Gasteiger partial charge in [0.25, 0.3) is 0 Å². The molecule has 1 saturated carbocycles. The largest absolute Gasteiger partial charge is 0.462 e. The average molecular weight is 507 g/mol. The van der Waals surface area contributed by atoms with Crippen molar-refractivity contribution in [1.82, 2.24) is 0 Å². The molecule has 0 bridgehead atoms. The molecule has 7 atom stereocenters. The van der Waals surface area contributed by atoms with E-state index in [-0.39, 0.29) is 19.3 Å². The normalized spacial score (nSPS) is 34.6. The van der Waals surface area contributed by atoms with Gasteiger partial charge in [-0.1, -0.05) is 19.1 Å². The lowest BCUT2D eigenvalue weighted by Crippen LogP contribution is -2.61. The molecule has 1 heterocycles. The Morgan fingerprint density at radius 1 is 1.06 bits per heavy atom. The summed E-state index contributed by atoms with van der Waals surface area (Å²) in [5.41, 5.74) is 1.16. The van der Waals surface area contributed by atoms with Crippen LogP contribution in [0.1, 0.15) is 60.8 Å². The van der Waals surface area contributed by atoms with Crippen molar-refractivity contribution in [2.24, 2.45) is 11.3 Å². The summed E-state index contributed by atoms with van der Waals surface area (Å²) in [4.78, 5) is 53.9. The average Bonchev–Trinajstić information content (AvgIpc) is 3.02. The Morgan fingerprint density at radius 3 is 2.22 bits per heavy atom. The first-order chi connectivity index (χ1) is 16.8. The van der Waals surface area contributed by atoms with Gasteiger partial charge in [-0.3, -0.25) is 19.6 Å². The number of hydrogen-bond acceptors (Lipinski definition) is 10. The molecule has 3 aliphatic rings. The highest BCUT2D eigenvalue weighted by atomic mass is 17.1. The number of rotatable bonds is 4. The number of fused-ring (bicyclic) bond motifs is 2. The zero-order valence-electron chi connectivity index (χ0n) is 21.5. The maximum atomic E-state index is 12.5. The maximum Gasteiger partial charge on any atom is 0.334 e. The zero-order valence-corrected chi connectivity index (χ0v) is 21.5. The van der Waals surface area contributed by atoms with Gasteiger partial charge in [0.05, 0.1) is 5.41 Å². The van der Waals surface area contributed by atoms with Crippen LogP contribution in [0.2, 0.25) is 0 Å². The molecule has 0 spiro atoms. The highest BCUT2D eigenvalue weighted by Crippen LogP contribution is 2.54. The Labute approximate surface area is 210 Å². The fraction of sp³-hybridized carbons (Fsp3) is 0.615. The standard InChI is InChI=1S/C26H34O10/c1-12-8-21-18(13(2)25(30)35-21)10-19-14(3)20(36-31)11-23(33-16(5)28)26(19,7)24(34-17(6)29)22(9-12)32-15(4)27/h8,19-24,31H,3,9-11H2,1-2,4-7H3. The molecule has 10 nitrogen and oxygen atoms in total. The van der Waals surface area contributed by atoms with Crippen molar-refractivity contribution >= 4 is 23.9 Å². The van der Waals surface area contributed by atoms with Crippen molar-refractivity contribution in [3.63, 3.8) is 0 Å². The van der Waals surface area contributed by atoms with E-state index in [0.717, 1.165) is 5.57 Å². The van der Waals surface area contributed by atoms with Gasteiger partial charge >= 0.3 is 23.9 Å². The molecule has 36 heavy (non-hydrogen) atoms. The number of esters is 4. The first-order valence-electron chi connectivity index (χ1n) is 11.9. The van der Waals surface area contributed by atoms with Gasteiger partial charge in [0.2, 0.25) is 0 Å². The SMILES string of the molecule is C=C1C(OO)CC(OC(C)=O)C2(C)C1CC1=C(C)C(=O)OC1C=C(C)CC(OC(C)=O)C2OC(C)=O. The zero-order chi connectivity index (χ0) is 26.9. The van der Waals surface area contributed by atoms with E-state index in [0.29, 0.717) is 16.7 Å². The van der Waals surface area contributed by atoms with Crippen LogP contribution in [-0.2, 0) is 43.0 Å². The Morgan fingerprint density at radius 2 is 1.67 bits per heavy atom. The van der Waals surface area contributed by atoms with Crippen LogP contribution >= 0.6 is 0 Å². The van der Waals surface area contributed by atoms with Gasteiger partial charge < -0.3 is 18.9 Å². The van der Waals surface area contributed by atoms with Crippen molar-refractivity contribution in [1.29, 1.82) is 0 Å². The van der Waals surface area contributed by atoms with E-state index in [2.05, 4.69) is 6.58 Å². The molecular formula is C26H34O10. The molecular weight excluding hydrogens is 472 g/mol. The molecule has 10 heteroatoms. The Bertz CT molecular complexity index is 1020. The third-order valence-electron chi connectivity index (χ3n) is 7.48. The number of ether oxygens (including phenoxy) is 4. The van der Waals surface area contributed by atoms with Crippen LogP contribution < -0.4 is 0 Å². The van der Waals surface area contributed by atoms with E-state index in [4.69, 9.17) is 23.8 Å². The molecule has 3 rings (SSSR count). The van der Waals surface area contributed by atoms with Crippen LogP contribution in [0.3, 0.4) is 0 Å². The van der Waals surface area contributed by atoms with E-state index >= 15 is 0 Å². The summed E-state index contributed by atoms with van der Waals surface area (Å²) in [5, 5.41) is 9.66. The molecule has 198 valence electrons. The van der Waals surface area contributed by atoms with Crippen molar-refractivity contribution in [2.45, 2.75) is 91.3 Å². The van der Waals surface area contributed by atoms with Gasteiger partial charge in [0.1, 0.15) is 30.5 Å². The van der Waals surface area contributed by atoms with Crippen LogP contribution in [0.5, 0.6) is 0 Å². The second-order valence-electron chi connectivity index (χ2n) is 10.00. The summed E-state index contributed by atoms with van der Waals surface area (Å²) in [5.74, 6) is -2.88. The van der Waals surface area contributed by atoms with Crippen molar-refractivity contribution in [3.8, 4) is 0 Å². The van der Waals surface area contributed by atoms with Gasteiger partial charge in [0, 0.05) is 39.2 Å². The highest BCUT2D eigenvalue weighted by Gasteiger charge is 2.60. The van der Waals surface area contributed by atoms with E-state index in [1.54, 1.807) is 26.8 Å². The summed E-state index contributed by atoms with van der Waals surface area (Å²) in [6, 6.07) is 0. The van der Waals surface area contributed by atoms with E-state index in [1.807, 2.05) is 0 Å². The minimum atomic E-state index is -1.19. The predicted molar refractivity (Wildman–Crippen MR) is 125 cm³/mol. The topological polar surface area (TPSA) is 135 Å². The molecule has 0 radical (unpaired) electrons. The van der Waals surface area contributed by atoms with E-state index in [1.165, 1.54) is 20.8 Å². The quantitative estimate of drug-likeness (QED) is 0.199. The predicted octanol–water partition coefficient (Wildman–Crippen LogP) is 3.20. The molecule has 2 aliphatic carbocycles. The van der Waals surface area contributed by atoms with Crippen molar-refractivity contribution in [2.75, 3.05) is 0 Å². The number of carbonyl (C=O) groups is 4. The molecule has 1 aliphatic heterocycles. The van der Waals surface area contributed by atoms with Gasteiger partial charge in [-0.15, -0.1) is 0 Å². The van der Waals surface area contributed by atoms with Gasteiger partial charge in [-0.25, -0.2) is 9.68 Å². The smallest absolute Gasteiger partial charge is 0.334 e. The lowest BCUT2D eigenvalue weighted by molar-refractivity contribution is -0.290. The van der Waals surface area contributed by atoms with Crippen molar-refractivity contribution in [3.05, 3.63) is 34.9 Å². The first kappa shape index (κ1) is 27.6.